The lowest BCUT2D eigenvalue weighted by Crippen LogP contribution is -2.54. The molecule has 3 aromatic rings. The molecule has 0 bridgehead atoms. The summed E-state index contributed by atoms with van der Waals surface area (Å²) in [5, 5.41) is 3.00. The van der Waals surface area contributed by atoms with Gasteiger partial charge in [-0.25, -0.2) is 0 Å². The molecule has 2 amide bonds. The maximum Gasteiger partial charge on any atom is 0.270 e. The highest BCUT2D eigenvalue weighted by atomic mass is 35.5. The van der Waals surface area contributed by atoms with Gasteiger partial charge < -0.3 is 4.57 Å². The minimum absolute atomic E-state index is 0.0435. The number of hydrogen-bond donors (Lipinski definition) is 1. The summed E-state index contributed by atoms with van der Waals surface area (Å²) in [7, 11) is 0. The average Bonchev–Trinajstić information content (AvgIpc) is 3.06. The van der Waals surface area contributed by atoms with Crippen molar-refractivity contribution in [1.29, 1.82) is 0 Å². The number of nitrogens with zero attached hydrogens (tertiary/aromatic N) is 2. The second-order valence-corrected chi connectivity index (χ2v) is 10.7. The molecule has 0 spiro atoms. The zero-order valence-electron chi connectivity index (χ0n) is 20.1. The Hall–Kier alpha value is -2.93. The Morgan fingerprint density at radius 3 is 2.29 bits per heavy atom. The number of hydrogen-bond acceptors (Lipinski definition) is 3. The summed E-state index contributed by atoms with van der Waals surface area (Å²) >= 11 is 17.8. The van der Waals surface area contributed by atoms with Gasteiger partial charge in [-0.15, -0.1) is 0 Å². The highest BCUT2D eigenvalue weighted by Crippen LogP contribution is 2.35. The van der Waals surface area contributed by atoms with Crippen molar-refractivity contribution >= 4 is 64.1 Å². The zero-order valence-corrected chi connectivity index (χ0v) is 22.4. The topological polar surface area (TPSA) is 54.3 Å². The lowest BCUT2D eigenvalue weighted by molar-refractivity contribution is -0.122. The first-order valence-corrected chi connectivity index (χ1v) is 12.2. The number of aryl methyl sites for hydroxylation is 1. The van der Waals surface area contributed by atoms with E-state index in [0.717, 1.165) is 22.6 Å². The van der Waals surface area contributed by atoms with Gasteiger partial charge in [0, 0.05) is 17.1 Å². The number of rotatable bonds is 3. The first kappa shape index (κ1) is 25.2. The third-order valence-electron chi connectivity index (χ3n) is 6.04. The van der Waals surface area contributed by atoms with Crippen LogP contribution in [0, 0.1) is 13.8 Å². The van der Waals surface area contributed by atoms with Gasteiger partial charge in [-0.05, 0) is 79.0 Å². The molecule has 0 aliphatic carbocycles. The SMILES string of the molecule is Cc1cc(C=C2C(=O)NC(=S)N(c3cccc(Cl)c3Cl)C2=O)c(C)n1-c1ccc(C(C)(C)C)cc1. The van der Waals surface area contributed by atoms with Gasteiger partial charge in [0.05, 0.1) is 15.7 Å². The van der Waals surface area contributed by atoms with E-state index in [1.165, 1.54) is 10.5 Å². The van der Waals surface area contributed by atoms with Crippen LogP contribution in [-0.4, -0.2) is 21.5 Å². The third kappa shape index (κ3) is 4.66. The van der Waals surface area contributed by atoms with Crippen molar-refractivity contribution in [1.82, 2.24) is 9.88 Å². The van der Waals surface area contributed by atoms with Crippen molar-refractivity contribution in [3.63, 3.8) is 0 Å². The number of aromatic nitrogens is 1. The Morgan fingerprint density at radius 2 is 1.66 bits per heavy atom. The van der Waals surface area contributed by atoms with Crippen molar-refractivity contribution in [2.45, 2.75) is 40.0 Å². The fourth-order valence-electron chi connectivity index (χ4n) is 4.14. The van der Waals surface area contributed by atoms with Crippen molar-refractivity contribution in [3.05, 3.63) is 86.7 Å². The second-order valence-electron chi connectivity index (χ2n) is 9.49. The van der Waals surface area contributed by atoms with E-state index < -0.39 is 11.8 Å². The van der Waals surface area contributed by atoms with Crippen LogP contribution in [0.5, 0.6) is 0 Å². The van der Waals surface area contributed by atoms with E-state index in [0.29, 0.717) is 5.69 Å². The molecule has 1 aliphatic rings. The van der Waals surface area contributed by atoms with E-state index in [-0.39, 0.29) is 26.1 Å². The van der Waals surface area contributed by atoms with Crippen LogP contribution >= 0.6 is 35.4 Å². The summed E-state index contributed by atoms with van der Waals surface area (Å²) in [5.74, 6) is -1.13. The fourth-order valence-corrected chi connectivity index (χ4v) is 4.79. The normalized spacial score (nSPS) is 15.7. The van der Waals surface area contributed by atoms with Crippen LogP contribution in [0.15, 0.2) is 54.1 Å². The monoisotopic (exact) mass is 525 g/mol. The minimum Gasteiger partial charge on any atom is -0.318 e. The fraction of sp³-hybridized carbons (Fsp3) is 0.222. The molecule has 1 N–H and O–H groups in total. The number of amides is 2. The maximum absolute atomic E-state index is 13.4. The van der Waals surface area contributed by atoms with E-state index >= 15 is 0 Å². The molecule has 1 saturated heterocycles. The molecule has 0 radical (unpaired) electrons. The van der Waals surface area contributed by atoms with Gasteiger partial charge in [0.1, 0.15) is 5.57 Å². The Kier molecular flexibility index (Phi) is 6.66. The van der Waals surface area contributed by atoms with E-state index in [9.17, 15) is 9.59 Å². The molecule has 4 rings (SSSR count). The molecule has 2 heterocycles. The summed E-state index contributed by atoms with van der Waals surface area (Å²) in [4.78, 5) is 27.4. The number of nitrogens with one attached hydrogen (secondary N) is 1. The minimum atomic E-state index is -0.567. The lowest BCUT2D eigenvalue weighted by Gasteiger charge is -2.29. The summed E-state index contributed by atoms with van der Waals surface area (Å²) in [6.07, 6.45) is 1.59. The van der Waals surface area contributed by atoms with E-state index in [2.05, 4.69) is 54.9 Å². The second kappa shape index (κ2) is 9.26. The smallest absolute Gasteiger partial charge is 0.270 e. The van der Waals surface area contributed by atoms with Crippen molar-refractivity contribution in [3.8, 4) is 5.69 Å². The van der Waals surface area contributed by atoms with Gasteiger partial charge in [-0.3, -0.25) is 19.8 Å². The van der Waals surface area contributed by atoms with Crippen LogP contribution in [0.1, 0.15) is 43.3 Å². The van der Waals surface area contributed by atoms with Crippen molar-refractivity contribution < 1.29 is 9.59 Å². The summed E-state index contributed by atoms with van der Waals surface area (Å²) in [5.41, 5.74) is 5.21. The van der Waals surface area contributed by atoms with Crippen LogP contribution in [0.2, 0.25) is 10.0 Å². The van der Waals surface area contributed by atoms with Crippen LogP contribution < -0.4 is 10.2 Å². The zero-order chi connectivity index (χ0) is 25.7. The molecule has 1 aliphatic heterocycles. The van der Waals surface area contributed by atoms with Gasteiger partial charge in [0.2, 0.25) is 0 Å². The van der Waals surface area contributed by atoms with E-state index in [1.54, 1.807) is 24.3 Å². The molecular formula is C27H25Cl2N3O2S. The average molecular weight is 526 g/mol. The predicted octanol–water partition coefficient (Wildman–Crippen LogP) is 6.53. The molecule has 0 saturated carbocycles. The molecule has 1 aromatic heterocycles. The Bertz CT molecular complexity index is 1400. The first-order valence-electron chi connectivity index (χ1n) is 11.1. The molecular weight excluding hydrogens is 501 g/mol. The standard InChI is InChI=1S/C27H25Cl2N3O2S/c1-15-13-17(16(2)31(15)19-11-9-18(10-12-19)27(3,4)5)14-20-24(33)30-26(35)32(25(20)34)22-8-6-7-21(28)23(22)29/h6-14H,1-5H3,(H,30,33,35). The van der Waals surface area contributed by atoms with Crippen LogP contribution in [0.3, 0.4) is 0 Å². The number of benzene rings is 2. The number of anilines is 1. The Labute approximate surface area is 220 Å². The molecule has 2 aromatic carbocycles. The van der Waals surface area contributed by atoms with Crippen LogP contribution in [0.4, 0.5) is 5.69 Å². The molecule has 1 fully saturated rings. The maximum atomic E-state index is 13.4. The molecule has 5 nitrogen and oxygen atoms in total. The largest absolute Gasteiger partial charge is 0.318 e. The number of carbonyl (C=O) groups excluding carboxylic acids is 2. The molecule has 180 valence electrons. The highest BCUT2D eigenvalue weighted by Gasteiger charge is 2.36. The first-order chi connectivity index (χ1) is 16.4. The van der Waals surface area contributed by atoms with Crippen LogP contribution in [0.25, 0.3) is 11.8 Å². The quantitative estimate of drug-likeness (QED) is 0.240. The lowest BCUT2D eigenvalue weighted by atomic mass is 9.87. The van der Waals surface area contributed by atoms with E-state index in [4.69, 9.17) is 35.4 Å². The molecule has 8 heteroatoms. The van der Waals surface area contributed by atoms with Gasteiger partial charge in [-0.1, -0.05) is 62.2 Å². The molecule has 0 atom stereocenters. The van der Waals surface area contributed by atoms with Gasteiger partial charge in [0.15, 0.2) is 5.11 Å². The van der Waals surface area contributed by atoms with Crippen molar-refractivity contribution in [2.24, 2.45) is 0 Å². The predicted molar refractivity (Wildman–Crippen MR) is 147 cm³/mol. The van der Waals surface area contributed by atoms with Gasteiger partial charge >= 0.3 is 0 Å². The number of halogens is 2. The Balaban J connectivity index is 1.75. The van der Waals surface area contributed by atoms with Gasteiger partial charge in [-0.2, -0.15) is 0 Å². The Morgan fingerprint density at radius 1 is 1.00 bits per heavy atom. The summed E-state index contributed by atoms with van der Waals surface area (Å²) in [6.45, 7) is 10.5. The van der Waals surface area contributed by atoms with Gasteiger partial charge in [0.25, 0.3) is 11.8 Å². The third-order valence-corrected chi connectivity index (χ3v) is 7.13. The van der Waals surface area contributed by atoms with Crippen LogP contribution in [-0.2, 0) is 15.0 Å². The number of carbonyl (C=O) groups is 2. The van der Waals surface area contributed by atoms with Crippen molar-refractivity contribution in [2.75, 3.05) is 4.90 Å². The molecule has 35 heavy (non-hydrogen) atoms. The molecule has 0 unspecified atom stereocenters. The van der Waals surface area contributed by atoms with E-state index in [1.807, 2.05) is 19.9 Å². The summed E-state index contributed by atoms with van der Waals surface area (Å²) < 4.78 is 2.10. The number of thiocarbonyl (C=S) groups is 1. The summed E-state index contributed by atoms with van der Waals surface area (Å²) in [6, 6.07) is 15.3. The highest BCUT2D eigenvalue weighted by molar-refractivity contribution is 7.80.